The molecule has 2 aromatic rings. The van der Waals surface area contributed by atoms with Gasteiger partial charge in [-0.15, -0.1) is 12.4 Å². The van der Waals surface area contributed by atoms with Crippen LogP contribution < -0.4 is 11.1 Å². The Morgan fingerprint density at radius 1 is 1.19 bits per heavy atom. The van der Waals surface area contributed by atoms with E-state index in [0.717, 1.165) is 24.3 Å². The number of aryl methyl sites for hydroxylation is 1. The Kier molecular flexibility index (Phi) is 7.21. The number of benzene rings is 2. The molecular formula is C21H28ClN3O. The third kappa shape index (κ3) is 4.64. The minimum Gasteiger partial charge on any atom is -0.330 e. The summed E-state index contributed by atoms with van der Waals surface area (Å²) in [4.78, 5) is 14.9. The van der Waals surface area contributed by atoms with Crippen LogP contribution in [0.4, 0.5) is 5.69 Å². The quantitative estimate of drug-likeness (QED) is 0.844. The third-order valence-corrected chi connectivity index (χ3v) is 5.21. The summed E-state index contributed by atoms with van der Waals surface area (Å²) in [5, 5.41) is 3.04. The van der Waals surface area contributed by atoms with E-state index >= 15 is 0 Å². The lowest BCUT2D eigenvalue weighted by molar-refractivity contribution is -0.120. The largest absolute Gasteiger partial charge is 0.330 e. The normalized spacial score (nSPS) is 21.0. The van der Waals surface area contributed by atoms with Crippen LogP contribution in [0.5, 0.6) is 0 Å². The SMILES string of the molecule is Cc1cccc(NC(=O)C(C)N2C[C@@H](CN)[C@H](c3ccccc3)C2)c1.Cl. The average molecular weight is 374 g/mol. The second-order valence-electron chi connectivity index (χ2n) is 7.00. The van der Waals surface area contributed by atoms with E-state index in [9.17, 15) is 4.79 Å². The molecule has 2 aromatic carbocycles. The van der Waals surface area contributed by atoms with E-state index in [0.29, 0.717) is 18.4 Å². The Hall–Kier alpha value is -1.88. The molecule has 1 heterocycles. The first kappa shape index (κ1) is 20.4. The van der Waals surface area contributed by atoms with Crippen LogP contribution in [0.1, 0.15) is 24.0 Å². The van der Waals surface area contributed by atoms with E-state index in [4.69, 9.17) is 5.73 Å². The Labute approximate surface area is 162 Å². The maximum Gasteiger partial charge on any atom is 0.241 e. The molecule has 3 rings (SSSR count). The Balaban J connectivity index is 0.00000243. The molecule has 5 heteroatoms. The minimum absolute atomic E-state index is 0. The standard InChI is InChI=1S/C21H27N3O.ClH/c1-15-7-6-10-19(11-15)23-21(25)16(2)24-13-18(12-22)20(14-24)17-8-4-3-5-9-17;/h3-11,16,18,20H,12-14,22H2,1-2H3,(H,23,25);1H/t16?,18-,20+;/m1./s1. The second kappa shape index (κ2) is 9.17. The molecule has 1 unspecified atom stereocenters. The van der Waals surface area contributed by atoms with Gasteiger partial charge in [0.2, 0.25) is 5.91 Å². The van der Waals surface area contributed by atoms with Crippen LogP contribution in [0.15, 0.2) is 54.6 Å². The van der Waals surface area contributed by atoms with Gasteiger partial charge in [-0.25, -0.2) is 0 Å². The summed E-state index contributed by atoms with van der Waals surface area (Å²) in [5.41, 5.74) is 9.32. The van der Waals surface area contributed by atoms with E-state index in [1.807, 2.05) is 44.2 Å². The number of hydrogen-bond donors (Lipinski definition) is 2. The lowest BCUT2D eigenvalue weighted by atomic mass is 9.89. The first-order valence-corrected chi connectivity index (χ1v) is 8.95. The second-order valence-corrected chi connectivity index (χ2v) is 7.00. The molecule has 1 amide bonds. The number of nitrogens with one attached hydrogen (secondary N) is 1. The highest BCUT2D eigenvalue weighted by Gasteiger charge is 2.36. The number of anilines is 1. The summed E-state index contributed by atoms with van der Waals surface area (Å²) in [6.45, 7) is 6.37. The molecule has 0 bridgehead atoms. The molecule has 1 aliphatic heterocycles. The van der Waals surface area contributed by atoms with Crippen LogP contribution in [0.2, 0.25) is 0 Å². The van der Waals surface area contributed by atoms with E-state index in [-0.39, 0.29) is 24.4 Å². The van der Waals surface area contributed by atoms with Crippen molar-refractivity contribution in [3.8, 4) is 0 Å². The lowest BCUT2D eigenvalue weighted by Gasteiger charge is -2.23. The van der Waals surface area contributed by atoms with E-state index in [1.165, 1.54) is 5.56 Å². The van der Waals surface area contributed by atoms with Crippen molar-refractivity contribution >= 4 is 24.0 Å². The maximum atomic E-state index is 12.7. The van der Waals surface area contributed by atoms with Crippen LogP contribution in [0, 0.1) is 12.8 Å². The van der Waals surface area contributed by atoms with Crippen molar-refractivity contribution in [3.63, 3.8) is 0 Å². The summed E-state index contributed by atoms with van der Waals surface area (Å²) < 4.78 is 0. The Morgan fingerprint density at radius 3 is 2.58 bits per heavy atom. The predicted molar refractivity (Wildman–Crippen MR) is 110 cm³/mol. The zero-order chi connectivity index (χ0) is 17.8. The molecule has 140 valence electrons. The van der Waals surface area contributed by atoms with Crippen molar-refractivity contribution in [3.05, 3.63) is 65.7 Å². The minimum atomic E-state index is -0.178. The molecule has 26 heavy (non-hydrogen) atoms. The number of halogens is 1. The smallest absolute Gasteiger partial charge is 0.241 e. The number of amides is 1. The van der Waals surface area contributed by atoms with Crippen LogP contribution >= 0.6 is 12.4 Å². The zero-order valence-corrected chi connectivity index (χ0v) is 16.2. The van der Waals surface area contributed by atoms with Gasteiger partial charge in [0.05, 0.1) is 6.04 Å². The van der Waals surface area contributed by atoms with Gasteiger partial charge in [-0.05, 0) is 49.6 Å². The number of likely N-dealkylation sites (tertiary alicyclic amines) is 1. The van der Waals surface area contributed by atoms with Gasteiger partial charge in [-0.3, -0.25) is 9.69 Å². The third-order valence-electron chi connectivity index (χ3n) is 5.21. The fraction of sp³-hybridized carbons (Fsp3) is 0.381. The molecular weight excluding hydrogens is 346 g/mol. The van der Waals surface area contributed by atoms with Gasteiger partial charge < -0.3 is 11.1 Å². The molecule has 0 aromatic heterocycles. The van der Waals surface area contributed by atoms with Gasteiger partial charge >= 0.3 is 0 Å². The number of nitrogens with zero attached hydrogens (tertiary/aromatic N) is 1. The Morgan fingerprint density at radius 2 is 1.92 bits per heavy atom. The van der Waals surface area contributed by atoms with Gasteiger partial charge in [0.15, 0.2) is 0 Å². The molecule has 1 saturated heterocycles. The first-order valence-electron chi connectivity index (χ1n) is 8.95. The number of carbonyl (C=O) groups excluding carboxylic acids is 1. The van der Waals surface area contributed by atoms with Crippen molar-refractivity contribution < 1.29 is 4.79 Å². The van der Waals surface area contributed by atoms with Crippen LogP contribution in [0.3, 0.4) is 0 Å². The molecule has 0 radical (unpaired) electrons. The summed E-state index contributed by atoms with van der Waals surface area (Å²) in [5.74, 6) is 0.812. The number of carbonyl (C=O) groups is 1. The molecule has 3 N–H and O–H groups in total. The number of hydrogen-bond acceptors (Lipinski definition) is 3. The van der Waals surface area contributed by atoms with Gasteiger partial charge in [0, 0.05) is 24.7 Å². The Bertz CT molecular complexity index is 722. The highest BCUT2D eigenvalue weighted by atomic mass is 35.5. The lowest BCUT2D eigenvalue weighted by Crippen LogP contribution is -2.41. The zero-order valence-electron chi connectivity index (χ0n) is 15.4. The van der Waals surface area contributed by atoms with Gasteiger partial charge in [-0.2, -0.15) is 0 Å². The van der Waals surface area contributed by atoms with E-state index in [2.05, 4.69) is 34.5 Å². The first-order chi connectivity index (χ1) is 12.1. The highest BCUT2D eigenvalue weighted by molar-refractivity contribution is 5.94. The van der Waals surface area contributed by atoms with Crippen LogP contribution in [-0.4, -0.2) is 36.5 Å². The van der Waals surface area contributed by atoms with Crippen molar-refractivity contribution in [2.24, 2.45) is 11.7 Å². The summed E-state index contributed by atoms with van der Waals surface area (Å²) >= 11 is 0. The van der Waals surface area contributed by atoms with E-state index in [1.54, 1.807) is 0 Å². The predicted octanol–water partition coefficient (Wildman–Crippen LogP) is 3.42. The monoisotopic (exact) mass is 373 g/mol. The van der Waals surface area contributed by atoms with E-state index < -0.39 is 0 Å². The van der Waals surface area contributed by atoms with Crippen LogP contribution in [0.25, 0.3) is 0 Å². The summed E-state index contributed by atoms with van der Waals surface area (Å²) in [7, 11) is 0. The molecule has 4 nitrogen and oxygen atoms in total. The molecule has 3 atom stereocenters. The topological polar surface area (TPSA) is 58.4 Å². The van der Waals surface area contributed by atoms with Crippen molar-refractivity contribution in [2.45, 2.75) is 25.8 Å². The fourth-order valence-electron chi connectivity index (χ4n) is 3.67. The molecule has 0 saturated carbocycles. The molecule has 1 aliphatic rings. The van der Waals surface area contributed by atoms with Crippen molar-refractivity contribution in [1.82, 2.24) is 4.90 Å². The summed E-state index contributed by atoms with van der Waals surface area (Å²) in [6.07, 6.45) is 0. The molecule has 0 spiro atoms. The van der Waals surface area contributed by atoms with Gasteiger partial charge in [0.25, 0.3) is 0 Å². The van der Waals surface area contributed by atoms with Gasteiger partial charge in [-0.1, -0.05) is 42.5 Å². The average Bonchev–Trinajstić information content (AvgIpc) is 3.06. The molecule has 0 aliphatic carbocycles. The summed E-state index contributed by atoms with van der Waals surface area (Å²) in [6, 6.07) is 18.2. The molecule has 1 fully saturated rings. The number of nitrogens with two attached hydrogens (primary N) is 1. The van der Waals surface area contributed by atoms with Crippen molar-refractivity contribution in [2.75, 3.05) is 25.0 Å². The van der Waals surface area contributed by atoms with Crippen molar-refractivity contribution in [1.29, 1.82) is 0 Å². The van der Waals surface area contributed by atoms with Gasteiger partial charge in [0.1, 0.15) is 0 Å². The highest BCUT2D eigenvalue weighted by Crippen LogP contribution is 2.33. The fourth-order valence-corrected chi connectivity index (χ4v) is 3.67. The maximum absolute atomic E-state index is 12.7. The van der Waals surface area contributed by atoms with Crippen LogP contribution in [-0.2, 0) is 4.79 Å². The number of rotatable bonds is 5.